The van der Waals surface area contributed by atoms with Crippen molar-refractivity contribution in [3.05, 3.63) is 0 Å². The Hall–Kier alpha value is 0.690. The maximum absolute atomic E-state index is 10.8. The zero-order chi connectivity index (χ0) is 16.2. The van der Waals surface area contributed by atoms with Crippen LogP contribution in [0, 0.1) is 0 Å². The maximum atomic E-state index is 10.8. The number of hydrogen-bond donors (Lipinski definition) is 1. The Morgan fingerprint density at radius 3 is 1.52 bits per heavy atom. The normalized spacial score (nSPS) is 12.8. The van der Waals surface area contributed by atoms with Gasteiger partial charge in [-0.25, -0.2) is 0 Å². The highest BCUT2D eigenvalue weighted by molar-refractivity contribution is 8.69. The monoisotopic (exact) mass is 357 g/mol. The smallest absolute Gasteiger partial charge is 0.277 e. The average molecular weight is 358 g/mol. The van der Waals surface area contributed by atoms with E-state index in [1.165, 1.54) is 63.2 Å². The van der Waals surface area contributed by atoms with Gasteiger partial charge in [0, 0.05) is 13.0 Å². The maximum Gasteiger partial charge on any atom is 0.319 e. The number of unbranched alkanes of at least 4 members (excludes halogenated alkanes) is 3. The highest BCUT2D eigenvalue weighted by atomic mass is 33.1. The third-order valence-electron chi connectivity index (χ3n) is 3.97. The fourth-order valence-corrected chi connectivity index (χ4v) is 9.52. The minimum atomic E-state index is -3.86. The van der Waals surface area contributed by atoms with Crippen LogP contribution in [0.4, 0.5) is 0 Å². The first-order valence-electron chi connectivity index (χ1n) is 8.36. The lowest BCUT2D eigenvalue weighted by atomic mass is 10.4. The summed E-state index contributed by atoms with van der Waals surface area (Å²) in [6.07, 6.45) is 13.9. The van der Waals surface area contributed by atoms with E-state index in [0.29, 0.717) is 16.5 Å². The SMILES string of the molecule is CCCC[P+](CCCC)(CCCC)CCCSS(=O)(=O)O. The fraction of sp³-hybridized carbons (Fsp3) is 1.00. The van der Waals surface area contributed by atoms with Gasteiger partial charge >= 0.3 is 9.15 Å². The van der Waals surface area contributed by atoms with E-state index in [2.05, 4.69) is 20.8 Å². The van der Waals surface area contributed by atoms with Crippen molar-refractivity contribution in [2.75, 3.05) is 30.4 Å². The Labute approximate surface area is 136 Å². The van der Waals surface area contributed by atoms with Gasteiger partial charge in [0.1, 0.15) is 0 Å². The summed E-state index contributed by atoms with van der Waals surface area (Å²) < 4.78 is 30.4. The van der Waals surface area contributed by atoms with E-state index in [9.17, 15) is 8.42 Å². The molecule has 0 fully saturated rings. The summed E-state index contributed by atoms with van der Waals surface area (Å²) in [6, 6.07) is 0. The molecule has 0 aliphatic rings. The third kappa shape index (κ3) is 11.9. The van der Waals surface area contributed by atoms with Crippen LogP contribution in [0.3, 0.4) is 0 Å². The van der Waals surface area contributed by atoms with E-state index in [-0.39, 0.29) is 0 Å². The molecule has 0 saturated carbocycles. The first-order chi connectivity index (χ1) is 9.89. The van der Waals surface area contributed by atoms with Gasteiger partial charge in [0.2, 0.25) is 0 Å². The second kappa shape index (κ2) is 12.2. The van der Waals surface area contributed by atoms with E-state index in [1.807, 2.05) is 0 Å². The Bertz CT molecular complexity index is 323. The van der Waals surface area contributed by atoms with Crippen LogP contribution in [0.25, 0.3) is 0 Å². The molecule has 0 bridgehead atoms. The largest absolute Gasteiger partial charge is 0.319 e. The van der Waals surface area contributed by atoms with Gasteiger partial charge in [-0.1, -0.05) is 40.0 Å². The van der Waals surface area contributed by atoms with Gasteiger partial charge in [0.25, 0.3) is 0 Å². The fourth-order valence-electron chi connectivity index (χ4n) is 2.72. The summed E-state index contributed by atoms with van der Waals surface area (Å²) in [7, 11) is -4.09. The molecule has 0 unspecified atom stereocenters. The summed E-state index contributed by atoms with van der Waals surface area (Å²) in [4.78, 5) is 0. The average Bonchev–Trinajstić information content (AvgIpc) is 2.43. The quantitative estimate of drug-likeness (QED) is 0.197. The predicted molar refractivity (Wildman–Crippen MR) is 99.7 cm³/mol. The molecule has 0 aromatic carbocycles. The van der Waals surface area contributed by atoms with Gasteiger partial charge in [-0.3, -0.25) is 4.55 Å². The van der Waals surface area contributed by atoms with Crippen molar-refractivity contribution in [2.45, 2.75) is 65.7 Å². The highest BCUT2D eigenvalue weighted by Gasteiger charge is 2.34. The van der Waals surface area contributed by atoms with E-state index in [0.717, 1.165) is 6.42 Å². The summed E-state index contributed by atoms with van der Waals surface area (Å²) >= 11 is 0. The van der Waals surface area contributed by atoms with E-state index in [4.69, 9.17) is 4.55 Å². The topological polar surface area (TPSA) is 54.4 Å². The molecule has 0 aliphatic heterocycles. The molecule has 21 heavy (non-hydrogen) atoms. The van der Waals surface area contributed by atoms with Gasteiger partial charge in [-0.05, 0) is 36.5 Å². The summed E-state index contributed by atoms with van der Waals surface area (Å²) in [5.74, 6) is 0.533. The van der Waals surface area contributed by atoms with Gasteiger partial charge in [0.15, 0.2) is 0 Å². The molecular weight excluding hydrogens is 323 g/mol. The summed E-state index contributed by atoms with van der Waals surface area (Å²) in [5.41, 5.74) is 0. The van der Waals surface area contributed by atoms with E-state index in [1.54, 1.807) is 0 Å². The molecule has 6 heteroatoms. The molecular formula is C15H34O3PS2+. The Morgan fingerprint density at radius 1 is 0.810 bits per heavy atom. The van der Waals surface area contributed by atoms with Crippen LogP contribution in [0.2, 0.25) is 0 Å². The second-order valence-electron chi connectivity index (χ2n) is 5.90. The van der Waals surface area contributed by atoms with Crippen LogP contribution >= 0.6 is 18.1 Å². The molecule has 0 radical (unpaired) electrons. The molecule has 0 rings (SSSR count). The van der Waals surface area contributed by atoms with Crippen LogP contribution in [-0.2, 0) is 9.15 Å². The first-order valence-corrected chi connectivity index (χ1v) is 13.8. The van der Waals surface area contributed by atoms with Crippen LogP contribution in [-0.4, -0.2) is 43.4 Å². The lowest BCUT2D eigenvalue weighted by Gasteiger charge is -2.28. The van der Waals surface area contributed by atoms with E-state index < -0.39 is 16.4 Å². The minimum absolute atomic E-state index is 0.533. The van der Waals surface area contributed by atoms with Crippen molar-refractivity contribution in [3.63, 3.8) is 0 Å². The standard InChI is InChI=1S/C15H33O3PS2/c1-4-7-11-19(12-8-5-2,13-9-6-3)14-10-15-20-21(16,17)18/h4-15H2,1-3H3/p+1. The summed E-state index contributed by atoms with van der Waals surface area (Å²) in [5, 5.41) is 0. The molecule has 0 aliphatic carbocycles. The first kappa shape index (κ1) is 21.7. The van der Waals surface area contributed by atoms with Gasteiger partial charge in [0.05, 0.1) is 24.6 Å². The zero-order valence-corrected chi connectivity index (χ0v) is 16.5. The molecule has 1 N–H and O–H groups in total. The van der Waals surface area contributed by atoms with Crippen LogP contribution in [0.5, 0.6) is 0 Å². The van der Waals surface area contributed by atoms with Crippen LogP contribution in [0.1, 0.15) is 65.7 Å². The van der Waals surface area contributed by atoms with E-state index >= 15 is 0 Å². The van der Waals surface area contributed by atoms with Crippen LogP contribution in [0.15, 0.2) is 0 Å². The highest BCUT2D eigenvalue weighted by Crippen LogP contribution is 2.61. The lowest BCUT2D eigenvalue weighted by molar-refractivity contribution is 0.503. The Morgan fingerprint density at radius 2 is 1.19 bits per heavy atom. The van der Waals surface area contributed by atoms with Gasteiger partial charge in [-0.2, -0.15) is 8.42 Å². The molecule has 0 saturated heterocycles. The van der Waals surface area contributed by atoms with Gasteiger partial charge < -0.3 is 0 Å². The molecule has 3 nitrogen and oxygen atoms in total. The van der Waals surface area contributed by atoms with Crippen molar-refractivity contribution < 1.29 is 13.0 Å². The lowest BCUT2D eigenvalue weighted by Crippen LogP contribution is -2.13. The number of rotatable bonds is 14. The predicted octanol–water partition coefficient (Wildman–Crippen LogP) is 5.33. The molecule has 128 valence electrons. The molecule has 0 spiro atoms. The second-order valence-corrected chi connectivity index (χ2v) is 13.8. The van der Waals surface area contributed by atoms with Crippen molar-refractivity contribution in [3.8, 4) is 0 Å². The summed E-state index contributed by atoms with van der Waals surface area (Å²) in [6.45, 7) is 6.76. The Balaban J connectivity index is 4.54. The molecule has 0 heterocycles. The molecule has 0 atom stereocenters. The van der Waals surface area contributed by atoms with Crippen molar-refractivity contribution in [1.29, 1.82) is 0 Å². The van der Waals surface area contributed by atoms with Crippen molar-refractivity contribution in [2.24, 2.45) is 0 Å². The zero-order valence-electron chi connectivity index (χ0n) is 14.0. The molecule has 0 aromatic heterocycles. The minimum Gasteiger partial charge on any atom is -0.277 e. The number of hydrogen-bond acceptors (Lipinski definition) is 3. The van der Waals surface area contributed by atoms with Gasteiger partial charge in [-0.15, -0.1) is 0 Å². The van der Waals surface area contributed by atoms with Crippen molar-refractivity contribution >= 4 is 27.2 Å². The molecule has 0 amide bonds. The third-order valence-corrected chi connectivity index (χ3v) is 11.2. The molecule has 0 aromatic rings. The van der Waals surface area contributed by atoms with Crippen molar-refractivity contribution in [1.82, 2.24) is 0 Å². The van der Waals surface area contributed by atoms with Crippen LogP contribution < -0.4 is 0 Å². The Kier molecular flexibility index (Phi) is 12.6.